The Hall–Kier alpha value is -0.230. The Morgan fingerprint density at radius 3 is 2.86 bits per heavy atom. The second-order valence-electron chi connectivity index (χ2n) is 3.66. The minimum atomic E-state index is 0.289. The molecule has 1 saturated heterocycles. The van der Waals surface area contributed by atoms with Crippen molar-refractivity contribution in [2.75, 3.05) is 33.7 Å². The molecule has 0 radical (unpaired) electrons. The maximum absolute atomic E-state index is 5.78. The molecule has 0 saturated carbocycles. The van der Waals surface area contributed by atoms with E-state index in [9.17, 15) is 0 Å². The van der Waals surface area contributed by atoms with Crippen molar-refractivity contribution in [2.24, 2.45) is 0 Å². The molecule has 1 aromatic rings. The van der Waals surface area contributed by atoms with Crippen LogP contribution in [0.4, 0.5) is 0 Å². The van der Waals surface area contributed by atoms with Crippen LogP contribution in [-0.4, -0.2) is 52.9 Å². The van der Waals surface area contributed by atoms with Gasteiger partial charge in [-0.05, 0) is 37.2 Å². The third-order valence-electron chi connectivity index (χ3n) is 2.57. The lowest BCUT2D eigenvalue weighted by Gasteiger charge is -2.35. The molecule has 1 atom stereocenters. The van der Waals surface area contributed by atoms with Gasteiger partial charge >= 0.3 is 0 Å². The van der Waals surface area contributed by atoms with Gasteiger partial charge in [-0.2, -0.15) is 4.37 Å². The molecule has 1 aliphatic heterocycles. The number of piperazine rings is 1. The van der Waals surface area contributed by atoms with E-state index in [1.807, 2.05) is 0 Å². The van der Waals surface area contributed by atoms with Gasteiger partial charge in [0, 0.05) is 19.6 Å². The molecule has 1 aromatic heterocycles. The van der Waals surface area contributed by atoms with Crippen molar-refractivity contribution in [1.82, 2.24) is 19.2 Å². The quantitative estimate of drug-likeness (QED) is 0.726. The largest absolute Gasteiger partial charge is 0.303 e. The predicted octanol–water partition coefficient (Wildman–Crippen LogP) is 1.11. The van der Waals surface area contributed by atoms with Gasteiger partial charge in [-0.15, -0.1) is 0 Å². The highest BCUT2D eigenvalue weighted by molar-refractivity contribution is 7.10. The Labute approximate surface area is 92.7 Å². The molecule has 0 N–H and O–H groups in total. The average Bonchev–Trinajstić information content (AvgIpc) is 2.56. The van der Waals surface area contributed by atoms with Gasteiger partial charge in [0.2, 0.25) is 4.47 Å². The monoisotopic (exact) mass is 232 g/mol. The summed E-state index contributed by atoms with van der Waals surface area (Å²) in [5, 5.41) is 0. The zero-order valence-electron chi connectivity index (χ0n) is 8.27. The zero-order valence-corrected chi connectivity index (χ0v) is 9.85. The van der Waals surface area contributed by atoms with Crippen LogP contribution in [0.2, 0.25) is 4.47 Å². The lowest BCUT2D eigenvalue weighted by molar-refractivity contribution is 0.110. The van der Waals surface area contributed by atoms with E-state index < -0.39 is 0 Å². The smallest absolute Gasteiger partial charge is 0.203 e. The molecule has 0 spiro atoms. The first kappa shape index (κ1) is 10.3. The summed E-state index contributed by atoms with van der Waals surface area (Å²) in [5.74, 6) is 0.856. The molecule has 0 aliphatic carbocycles. The van der Waals surface area contributed by atoms with Gasteiger partial charge in [-0.1, -0.05) is 0 Å². The van der Waals surface area contributed by atoms with E-state index in [1.54, 1.807) is 0 Å². The van der Waals surface area contributed by atoms with Crippen molar-refractivity contribution in [3.05, 3.63) is 10.3 Å². The van der Waals surface area contributed by atoms with Crippen LogP contribution in [0.5, 0.6) is 0 Å². The summed E-state index contributed by atoms with van der Waals surface area (Å²) in [5.41, 5.74) is 0. The summed E-state index contributed by atoms with van der Waals surface area (Å²) >= 11 is 7.04. The van der Waals surface area contributed by atoms with E-state index in [4.69, 9.17) is 11.6 Å². The highest BCUT2D eigenvalue weighted by atomic mass is 35.5. The Bertz CT molecular complexity index is 316. The third kappa shape index (κ3) is 2.06. The molecule has 1 unspecified atom stereocenters. The van der Waals surface area contributed by atoms with Crippen molar-refractivity contribution < 1.29 is 0 Å². The van der Waals surface area contributed by atoms with E-state index >= 15 is 0 Å². The van der Waals surface area contributed by atoms with Crippen molar-refractivity contribution in [3.8, 4) is 0 Å². The van der Waals surface area contributed by atoms with Gasteiger partial charge in [0.05, 0.1) is 6.04 Å². The zero-order chi connectivity index (χ0) is 10.1. The van der Waals surface area contributed by atoms with Crippen LogP contribution >= 0.6 is 23.1 Å². The molecule has 6 heteroatoms. The lowest BCUT2D eigenvalue weighted by Crippen LogP contribution is -2.45. The summed E-state index contributed by atoms with van der Waals surface area (Å²) in [6.45, 7) is 3.13. The van der Waals surface area contributed by atoms with Crippen molar-refractivity contribution in [2.45, 2.75) is 6.04 Å². The van der Waals surface area contributed by atoms with Crippen LogP contribution in [0.15, 0.2) is 0 Å². The molecule has 1 aliphatic rings. The van der Waals surface area contributed by atoms with Gasteiger partial charge < -0.3 is 4.90 Å². The second kappa shape index (κ2) is 4.10. The second-order valence-corrected chi connectivity index (χ2v) is 5.00. The van der Waals surface area contributed by atoms with Gasteiger partial charge in [-0.3, -0.25) is 4.90 Å². The minimum absolute atomic E-state index is 0.289. The minimum Gasteiger partial charge on any atom is -0.303 e. The number of nitrogens with zero attached hydrogens (tertiary/aromatic N) is 4. The molecule has 0 bridgehead atoms. The summed E-state index contributed by atoms with van der Waals surface area (Å²) < 4.78 is 4.78. The Morgan fingerprint density at radius 2 is 2.21 bits per heavy atom. The maximum Gasteiger partial charge on any atom is 0.203 e. The molecule has 0 amide bonds. The van der Waals surface area contributed by atoms with E-state index in [0.29, 0.717) is 4.47 Å². The van der Waals surface area contributed by atoms with E-state index in [2.05, 4.69) is 33.3 Å². The van der Waals surface area contributed by atoms with E-state index in [-0.39, 0.29) is 6.04 Å². The number of aromatic nitrogens is 2. The SMILES string of the molecule is CN1CCN(C)C(c2nsc(Cl)n2)C1. The molecule has 1 fully saturated rings. The molecule has 78 valence electrons. The first-order chi connectivity index (χ1) is 6.66. The summed E-state index contributed by atoms with van der Waals surface area (Å²) in [6.07, 6.45) is 0. The summed E-state index contributed by atoms with van der Waals surface area (Å²) in [7, 11) is 4.22. The first-order valence-electron chi connectivity index (χ1n) is 4.54. The molecule has 4 nitrogen and oxygen atoms in total. The van der Waals surface area contributed by atoms with Crippen LogP contribution in [0, 0.1) is 0 Å². The fourth-order valence-electron chi connectivity index (χ4n) is 1.64. The highest BCUT2D eigenvalue weighted by Crippen LogP contribution is 2.23. The lowest BCUT2D eigenvalue weighted by atomic mass is 10.2. The average molecular weight is 233 g/mol. The number of halogens is 1. The number of hydrogen-bond acceptors (Lipinski definition) is 5. The molecular weight excluding hydrogens is 220 g/mol. The van der Waals surface area contributed by atoms with Crippen molar-refractivity contribution in [3.63, 3.8) is 0 Å². The van der Waals surface area contributed by atoms with Gasteiger partial charge in [0.15, 0.2) is 5.82 Å². The van der Waals surface area contributed by atoms with Crippen molar-refractivity contribution in [1.29, 1.82) is 0 Å². The fourth-order valence-corrected chi connectivity index (χ4v) is 2.30. The standard InChI is InChI=1S/C8H13ClN4S/c1-12-3-4-13(2)6(5-12)7-10-8(9)14-11-7/h6H,3-5H2,1-2H3. The van der Waals surface area contributed by atoms with Crippen LogP contribution in [0.3, 0.4) is 0 Å². The maximum atomic E-state index is 5.78. The predicted molar refractivity (Wildman–Crippen MR) is 57.8 cm³/mol. The molecule has 0 aromatic carbocycles. The Morgan fingerprint density at radius 1 is 1.43 bits per heavy atom. The molecule has 14 heavy (non-hydrogen) atoms. The van der Waals surface area contributed by atoms with Crippen LogP contribution in [-0.2, 0) is 0 Å². The van der Waals surface area contributed by atoms with Gasteiger partial charge in [-0.25, -0.2) is 4.98 Å². The fraction of sp³-hybridized carbons (Fsp3) is 0.750. The topological polar surface area (TPSA) is 32.3 Å². The normalized spacial score (nSPS) is 25.5. The van der Waals surface area contributed by atoms with Crippen LogP contribution in [0.1, 0.15) is 11.9 Å². The first-order valence-corrected chi connectivity index (χ1v) is 5.70. The van der Waals surface area contributed by atoms with Crippen LogP contribution < -0.4 is 0 Å². The van der Waals surface area contributed by atoms with Crippen molar-refractivity contribution >= 4 is 23.1 Å². The number of rotatable bonds is 1. The van der Waals surface area contributed by atoms with E-state index in [0.717, 1.165) is 25.5 Å². The van der Waals surface area contributed by atoms with Gasteiger partial charge in [0.25, 0.3) is 0 Å². The summed E-state index contributed by atoms with van der Waals surface area (Å²) in [6, 6.07) is 0.289. The highest BCUT2D eigenvalue weighted by Gasteiger charge is 2.26. The number of likely N-dealkylation sites (N-methyl/N-ethyl adjacent to an activating group) is 2. The van der Waals surface area contributed by atoms with Gasteiger partial charge in [0.1, 0.15) is 0 Å². The molecule has 2 rings (SSSR count). The van der Waals surface area contributed by atoms with Crippen LogP contribution in [0.25, 0.3) is 0 Å². The molecular formula is C8H13ClN4S. The van der Waals surface area contributed by atoms with E-state index in [1.165, 1.54) is 11.5 Å². The number of hydrogen-bond donors (Lipinski definition) is 0. The third-order valence-corrected chi connectivity index (χ3v) is 3.38. The Balaban J connectivity index is 2.15. The summed E-state index contributed by atoms with van der Waals surface area (Å²) in [4.78, 5) is 8.79. The Kier molecular flexibility index (Phi) is 3.02. The molecule has 2 heterocycles.